The molecule has 0 aliphatic carbocycles. The average Bonchev–Trinajstić information content (AvgIpc) is 3.16. The van der Waals surface area contributed by atoms with E-state index < -0.39 is 14.8 Å². The summed E-state index contributed by atoms with van der Waals surface area (Å²) < 4.78 is 24.3. The summed E-state index contributed by atoms with van der Waals surface area (Å²) in [4.78, 5) is 31.7. The maximum Gasteiger partial charge on any atom is 0.270 e. The third-order valence-corrected chi connectivity index (χ3v) is 7.11. The van der Waals surface area contributed by atoms with Gasteiger partial charge in [0.05, 0.1) is 20.0 Å². The topological polar surface area (TPSA) is 114 Å². The summed E-state index contributed by atoms with van der Waals surface area (Å²) in [6, 6.07) is 10.6. The number of benzene rings is 2. The first-order valence-corrected chi connectivity index (χ1v) is 11.8. The van der Waals surface area contributed by atoms with Gasteiger partial charge in [0, 0.05) is 50.1 Å². The molecule has 1 aromatic heterocycles. The molecule has 0 radical (unpaired) electrons. The number of thiazole rings is 1. The van der Waals surface area contributed by atoms with Crippen molar-refractivity contribution < 1.29 is 18.1 Å². The first kappa shape index (κ1) is 20.2. The molecule has 1 amide bonds. The summed E-state index contributed by atoms with van der Waals surface area (Å²) in [6.07, 6.45) is 1.17. The molecule has 3 aromatic rings. The fourth-order valence-corrected chi connectivity index (χ4v) is 5.07. The van der Waals surface area contributed by atoms with Crippen LogP contribution in [0.3, 0.4) is 0 Å². The number of non-ortho nitro benzene ring substituents is 1. The van der Waals surface area contributed by atoms with Crippen LogP contribution in [0.2, 0.25) is 0 Å². The number of nitrogens with zero attached hydrogens (tertiary/aromatic N) is 4. The van der Waals surface area contributed by atoms with Crippen LogP contribution in [0.1, 0.15) is 10.4 Å². The van der Waals surface area contributed by atoms with Crippen LogP contribution in [-0.4, -0.2) is 61.6 Å². The zero-order chi connectivity index (χ0) is 21.5. The lowest BCUT2D eigenvalue weighted by Crippen LogP contribution is -2.48. The first-order valence-electron chi connectivity index (χ1n) is 9.12. The van der Waals surface area contributed by atoms with Crippen LogP contribution in [0.15, 0.2) is 47.4 Å². The molecule has 1 fully saturated rings. The molecule has 1 saturated heterocycles. The van der Waals surface area contributed by atoms with E-state index in [1.165, 1.54) is 35.8 Å². The second kappa shape index (κ2) is 7.65. The second-order valence-electron chi connectivity index (χ2n) is 6.98. The number of aromatic nitrogens is 1. The van der Waals surface area contributed by atoms with Gasteiger partial charge in [-0.25, -0.2) is 13.4 Å². The molecule has 0 unspecified atom stereocenters. The molecule has 156 valence electrons. The van der Waals surface area contributed by atoms with Gasteiger partial charge < -0.3 is 9.80 Å². The van der Waals surface area contributed by atoms with E-state index in [4.69, 9.17) is 0 Å². The third-order valence-electron chi connectivity index (χ3n) is 4.92. The van der Waals surface area contributed by atoms with Crippen molar-refractivity contribution in [3.05, 3.63) is 58.1 Å². The van der Waals surface area contributed by atoms with E-state index in [1.54, 1.807) is 29.2 Å². The fraction of sp³-hybridized carbons (Fsp3) is 0.263. The number of carbonyl (C=O) groups is 1. The number of sulfone groups is 1. The summed E-state index contributed by atoms with van der Waals surface area (Å²) in [5, 5.41) is 11.7. The van der Waals surface area contributed by atoms with Gasteiger partial charge in [-0.3, -0.25) is 14.9 Å². The van der Waals surface area contributed by atoms with Gasteiger partial charge in [-0.2, -0.15) is 0 Å². The van der Waals surface area contributed by atoms with Gasteiger partial charge in [-0.05, 0) is 24.3 Å². The minimum atomic E-state index is -3.28. The summed E-state index contributed by atoms with van der Waals surface area (Å²) in [6.45, 7) is 2.07. The van der Waals surface area contributed by atoms with Gasteiger partial charge in [-0.1, -0.05) is 17.4 Å². The van der Waals surface area contributed by atoms with E-state index in [1.807, 2.05) is 0 Å². The average molecular weight is 447 g/mol. The molecule has 0 saturated carbocycles. The number of carbonyl (C=O) groups excluding carboxylic acids is 1. The minimum absolute atomic E-state index is 0.109. The molecule has 1 aliphatic heterocycles. The summed E-state index contributed by atoms with van der Waals surface area (Å²) >= 11 is 1.42. The third kappa shape index (κ3) is 3.98. The van der Waals surface area contributed by atoms with Crippen LogP contribution in [-0.2, 0) is 9.84 Å². The molecule has 0 bridgehead atoms. The molecule has 9 nitrogen and oxygen atoms in total. The number of nitro groups is 1. The van der Waals surface area contributed by atoms with Gasteiger partial charge in [0.25, 0.3) is 11.6 Å². The standard InChI is InChI=1S/C19H18N4O5S2/c1-30(27,28)15-5-6-16-17(12-15)29-19(20-16)22-9-7-21(8-10-22)18(24)13-3-2-4-14(11-13)23(25)26/h2-6,11-12H,7-10H2,1H3. The smallest absolute Gasteiger partial charge is 0.270 e. The highest BCUT2D eigenvalue weighted by Gasteiger charge is 2.25. The summed E-state index contributed by atoms with van der Waals surface area (Å²) in [5.41, 5.74) is 0.922. The predicted octanol–water partition coefficient (Wildman–Crippen LogP) is 2.57. The van der Waals surface area contributed by atoms with Crippen molar-refractivity contribution in [1.82, 2.24) is 9.88 Å². The zero-order valence-corrected chi connectivity index (χ0v) is 17.6. The maximum absolute atomic E-state index is 12.7. The van der Waals surface area contributed by atoms with Gasteiger partial charge in [0.1, 0.15) is 0 Å². The van der Waals surface area contributed by atoms with Crippen LogP contribution in [0.4, 0.5) is 10.8 Å². The molecule has 0 N–H and O–H groups in total. The van der Waals surface area contributed by atoms with Crippen LogP contribution in [0, 0.1) is 10.1 Å². The Balaban J connectivity index is 1.47. The number of anilines is 1. The molecule has 30 heavy (non-hydrogen) atoms. The second-order valence-corrected chi connectivity index (χ2v) is 10.0. The quantitative estimate of drug-likeness (QED) is 0.447. The lowest BCUT2D eigenvalue weighted by molar-refractivity contribution is -0.384. The molecule has 0 atom stereocenters. The van der Waals surface area contributed by atoms with Crippen molar-refractivity contribution in [3.63, 3.8) is 0 Å². The first-order chi connectivity index (χ1) is 14.2. The van der Waals surface area contributed by atoms with Crippen molar-refractivity contribution in [2.45, 2.75) is 4.90 Å². The lowest BCUT2D eigenvalue weighted by Gasteiger charge is -2.34. The molecule has 0 spiro atoms. The Hall–Kier alpha value is -3.05. The van der Waals surface area contributed by atoms with Crippen LogP contribution < -0.4 is 4.90 Å². The predicted molar refractivity (Wildman–Crippen MR) is 114 cm³/mol. The van der Waals surface area contributed by atoms with Crippen molar-refractivity contribution >= 4 is 48.1 Å². The molecule has 2 heterocycles. The Morgan fingerprint density at radius 1 is 1.13 bits per heavy atom. The number of amides is 1. The maximum atomic E-state index is 12.7. The Morgan fingerprint density at radius 2 is 1.87 bits per heavy atom. The van der Waals surface area contributed by atoms with E-state index in [-0.39, 0.29) is 16.5 Å². The lowest BCUT2D eigenvalue weighted by atomic mass is 10.1. The van der Waals surface area contributed by atoms with Crippen LogP contribution >= 0.6 is 11.3 Å². The number of hydrogen-bond donors (Lipinski definition) is 0. The number of fused-ring (bicyclic) bond motifs is 1. The van der Waals surface area contributed by atoms with E-state index in [9.17, 15) is 23.3 Å². The highest BCUT2D eigenvalue weighted by atomic mass is 32.2. The van der Waals surface area contributed by atoms with E-state index in [0.29, 0.717) is 31.7 Å². The number of nitro benzene ring substituents is 1. The molecule has 11 heteroatoms. The largest absolute Gasteiger partial charge is 0.345 e. The highest BCUT2D eigenvalue weighted by Crippen LogP contribution is 2.31. The zero-order valence-electron chi connectivity index (χ0n) is 16.0. The van der Waals surface area contributed by atoms with Gasteiger partial charge in [0.2, 0.25) is 0 Å². The van der Waals surface area contributed by atoms with Crippen molar-refractivity contribution in [1.29, 1.82) is 0 Å². The van der Waals surface area contributed by atoms with E-state index in [0.717, 1.165) is 15.3 Å². The molecular formula is C19H18N4O5S2. The number of piperazine rings is 1. The summed E-state index contributed by atoms with van der Waals surface area (Å²) in [5.74, 6) is -0.236. The van der Waals surface area contributed by atoms with E-state index in [2.05, 4.69) is 9.88 Å². The Kier molecular flexibility index (Phi) is 5.16. The molecule has 1 aliphatic rings. The van der Waals surface area contributed by atoms with Crippen molar-refractivity contribution in [2.24, 2.45) is 0 Å². The van der Waals surface area contributed by atoms with Crippen LogP contribution in [0.25, 0.3) is 10.2 Å². The highest BCUT2D eigenvalue weighted by molar-refractivity contribution is 7.90. The number of hydrogen-bond acceptors (Lipinski definition) is 8. The van der Waals surface area contributed by atoms with Crippen molar-refractivity contribution in [2.75, 3.05) is 37.3 Å². The van der Waals surface area contributed by atoms with Crippen LogP contribution in [0.5, 0.6) is 0 Å². The van der Waals surface area contributed by atoms with Gasteiger partial charge >= 0.3 is 0 Å². The Labute approximate surface area is 176 Å². The normalized spacial score (nSPS) is 14.8. The molecular weight excluding hydrogens is 428 g/mol. The Morgan fingerprint density at radius 3 is 2.53 bits per heavy atom. The fourth-order valence-electron chi connectivity index (χ4n) is 3.29. The van der Waals surface area contributed by atoms with E-state index >= 15 is 0 Å². The van der Waals surface area contributed by atoms with Crippen molar-refractivity contribution in [3.8, 4) is 0 Å². The minimum Gasteiger partial charge on any atom is -0.345 e. The number of rotatable bonds is 4. The van der Waals surface area contributed by atoms with Gasteiger partial charge in [0.15, 0.2) is 15.0 Å². The monoisotopic (exact) mass is 446 g/mol. The molecule has 2 aromatic carbocycles. The molecule has 4 rings (SSSR count). The van der Waals surface area contributed by atoms with Gasteiger partial charge in [-0.15, -0.1) is 0 Å². The SMILES string of the molecule is CS(=O)(=O)c1ccc2nc(N3CCN(C(=O)c4cccc([N+](=O)[O-])c4)CC3)sc2c1. The Bertz CT molecular complexity index is 1250. The summed E-state index contributed by atoms with van der Waals surface area (Å²) in [7, 11) is -3.28.